The van der Waals surface area contributed by atoms with Crippen LogP contribution in [0.15, 0.2) is 83.3 Å². The number of hydrogen-bond acceptors (Lipinski definition) is 3. The fraction of sp³-hybridized carbons (Fsp3) is 0.310. The number of benzene rings is 3. The number of rotatable bonds is 11. The molecule has 0 aromatic heterocycles. The van der Waals surface area contributed by atoms with Crippen LogP contribution >= 0.6 is 27.7 Å². The second-order valence-electron chi connectivity index (χ2n) is 9.00. The largest absolute Gasteiger partial charge is 0.352 e. The van der Waals surface area contributed by atoms with Crippen molar-refractivity contribution >= 4 is 39.5 Å². The first kappa shape index (κ1) is 27.0. The van der Waals surface area contributed by atoms with Gasteiger partial charge in [-0.25, -0.2) is 0 Å². The minimum Gasteiger partial charge on any atom is -0.352 e. The summed E-state index contributed by atoms with van der Waals surface area (Å²) < 4.78 is 1.03. The van der Waals surface area contributed by atoms with Gasteiger partial charge in [0, 0.05) is 29.2 Å². The first-order chi connectivity index (χ1) is 16.8. The molecule has 4 nitrogen and oxygen atoms in total. The van der Waals surface area contributed by atoms with Crippen molar-refractivity contribution in [2.24, 2.45) is 0 Å². The Hall–Kier alpha value is -2.57. The maximum atomic E-state index is 13.6. The highest BCUT2D eigenvalue weighted by molar-refractivity contribution is 9.10. The van der Waals surface area contributed by atoms with Gasteiger partial charge >= 0.3 is 0 Å². The van der Waals surface area contributed by atoms with Crippen LogP contribution in [0.4, 0.5) is 0 Å². The van der Waals surface area contributed by atoms with Crippen LogP contribution in [0.2, 0.25) is 0 Å². The van der Waals surface area contributed by atoms with Gasteiger partial charge in [0.25, 0.3) is 0 Å². The molecule has 0 heterocycles. The van der Waals surface area contributed by atoms with E-state index in [4.69, 9.17) is 0 Å². The molecule has 184 valence electrons. The molecule has 0 saturated heterocycles. The Labute approximate surface area is 221 Å². The van der Waals surface area contributed by atoms with E-state index in [1.54, 1.807) is 16.7 Å². The maximum absolute atomic E-state index is 13.6. The highest BCUT2D eigenvalue weighted by Gasteiger charge is 2.30. The third-order valence-corrected chi connectivity index (χ3v) is 7.10. The van der Waals surface area contributed by atoms with Gasteiger partial charge < -0.3 is 10.2 Å². The fourth-order valence-corrected chi connectivity index (χ4v) is 4.88. The molecule has 0 spiro atoms. The number of halogens is 1. The highest BCUT2D eigenvalue weighted by atomic mass is 79.9. The SMILES string of the molecule is Cc1ccc(CN(C(=O)CSCc2ccc(Br)cc2)C(Cc2ccccc2)C(=O)NC(C)C)cc1. The van der Waals surface area contributed by atoms with Gasteiger partial charge in [-0.2, -0.15) is 0 Å². The van der Waals surface area contributed by atoms with Crippen molar-refractivity contribution < 1.29 is 9.59 Å². The Morgan fingerprint density at radius 3 is 2.14 bits per heavy atom. The number of aryl methyl sites for hydroxylation is 1. The first-order valence-corrected chi connectivity index (χ1v) is 13.8. The number of nitrogens with zero attached hydrogens (tertiary/aromatic N) is 1. The zero-order valence-electron chi connectivity index (χ0n) is 20.5. The summed E-state index contributed by atoms with van der Waals surface area (Å²) in [5.74, 6) is 0.885. The Morgan fingerprint density at radius 1 is 0.886 bits per heavy atom. The molecule has 0 aliphatic rings. The Bertz CT molecular complexity index is 1090. The molecule has 0 radical (unpaired) electrons. The second-order valence-corrected chi connectivity index (χ2v) is 10.9. The lowest BCUT2D eigenvalue weighted by Gasteiger charge is -2.32. The van der Waals surface area contributed by atoms with Crippen molar-refractivity contribution in [2.75, 3.05) is 5.75 Å². The van der Waals surface area contributed by atoms with E-state index in [1.807, 2.05) is 87.5 Å². The molecule has 1 unspecified atom stereocenters. The zero-order chi connectivity index (χ0) is 25.2. The Balaban J connectivity index is 1.83. The average molecular weight is 554 g/mol. The summed E-state index contributed by atoms with van der Waals surface area (Å²) in [7, 11) is 0. The zero-order valence-corrected chi connectivity index (χ0v) is 22.9. The molecule has 1 N–H and O–H groups in total. The van der Waals surface area contributed by atoms with Crippen LogP contribution in [0.1, 0.15) is 36.1 Å². The van der Waals surface area contributed by atoms with E-state index in [0.29, 0.717) is 18.7 Å². The number of carbonyl (C=O) groups excluding carboxylic acids is 2. The summed E-state index contributed by atoms with van der Waals surface area (Å²) in [6, 6.07) is 25.6. The summed E-state index contributed by atoms with van der Waals surface area (Å²) in [5, 5.41) is 3.04. The summed E-state index contributed by atoms with van der Waals surface area (Å²) in [4.78, 5) is 28.7. The number of carbonyl (C=O) groups is 2. The van der Waals surface area contributed by atoms with Gasteiger partial charge in [-0.05, 0) is 49.6 Å². The number of nitrogens with one attached hydrogen (secondary N) is 1. The van der Waals surface area contributed by atoms with Crippen molar-refractivity contribution in [1.82, 2.24) is 10.2 Å². The van der Waals surface area contributed by atoms with E-state index in [0.717, 1.165) is 32.5 Å². The molecule has 6 heteroatoms. The molecule has 35 heavy (non-hydrogen) atoms. The van der Waals surface area contributed by atoms with Crippen LogP contribution < -0.4 is 5.32 Å². The standard InChI is InChI=1S/C29H33BrN2O2S/c1-21(2)31-29(34)27(17-23-7-5-4-6-8-23)32(18-24-11-9-22(3)10-12-24)28(33)20-35-19-25-13-15-26(30)16-14-25/h4-16,21,27H,17-20H2,1-3H3,(H,31,34). The lowest BCUT2D eigenvalue weighted by atomic mass is 10.0. The van der Waals surface area contributed by atoms with Gasteiger partial charge in [-0.15, -0.1) is 11.8 Å². The lowest BCUT2D eigenvalue weighted by Crippen LogP contribution is -2.52. The van der Waals surface area contributed by atoms with Crippen LogP contribution in [0, 0.1) is 6.92 Å². The molecule has 0 fully saturated rings. The third-order valence-electron chi connectivity index (χ3n) is 5.58. The smallest absolute Gasteiger partial charge is 0.243 e. The fourth-order valence-electron chi connectivity index (χ4n) is 3.74. The van der Waals surface area contributed by atoms with Crippen molar-refractivity contribution in [3.8, 4) is 0 Å². The highest BCUT2D eigenvalue weighted by Crippen LogP contribution is 2.20. The van der Waals surface area contributed by atoms with Crippen LogP contribution in [-0.4, -0.2) is 34.6 Å². The van der Waals surface area contributed by atoms with E-state index >= 15 is 0 Å². The normalized spacial score (nSPS) is 11.8. The molecule has 3 aromatic rings. The number of amides is 2. The average Bonchev–Trinajstić information content (AvgIpc) is 2.84. The van der Waals surface area contributed by atoms with Crippen LogP contribution in [0.5, 0.6) is 0 Å². The molecule has 3 rings (SSSR count). The lowest BCUT2D eigenvalue weighted by molar-refractivity contribution is -0.139. The Morgan fingerprint density at radius 2 is 1.51 bits per heavy atom. The predicted octanol–water partition coefficient (Wildman–Crippen LogP) is 6.16. The maximum Gasteiger partial charge on any atom is 0.243 e. The molecule has 0 saturated carbocycles. The van der Waals surface area contributed by atoms with Crippen LogP contribution in [-0.2, 0) is 28.3 Å². The first-order valence-electron chi connectivity index (χ1n) is 11.8. The van der Waals surface area contributed by atoms with E-state index in [-0.39, 0.29) is 17.9 Å². The summed E-state index contributed by atoms with van der Waals surface area (Å²) >= 11 is 5.03. The molecular weight excluding hydrogens is 520 g/mol. The molecular formula is C29H33BrN2O2S. The number of thioether (sulfide) groups is 1. The Kier molecular flexibility index (Phi) is 10.4. The second kappa shape index (κ2) is 13.5. The quantitative estimate of drug-likeness (QED) is 0.310. The van der Waals surface area contributed by atoms with Gasteiger partial charge in [0.1, 0.15) is 6.04 Å². The monoisotopic (exact) mass is 552 g/mol. The minimum absolute atomic E-state index is 0.0103. The third kappa shape index (κ3) is 8.86. The van der Waals surface area contributed by atoms with Gasteiger partial charge in [0.05, 0.1) is 5.75 Å². The minimum atomic E-state index is -0.595. The molecule has 1 atom stereocenters. The van der Waals surface area contributed by atoms with Crippen molar-refractivity contribution in [2.45, 2.75) is 51.6 Å². The molecule has 2 amide bonds. The molecule has 3 aromatic carbocycles. The van der Waals surface area contributed by atoms with Gasteiger partial charge in [0.2, 0.25) is 11.8 Å². The topological polar surface area (TPSA) is 49.4 Å². The number of hydrogen-bond donors (Lipinski definition) is 1. The van der Waals surface area contributed by atoms with Crippen molar-refractivity contribution in [3.05, 3.63) is 106 Å². The van der Waals surface area contributed by atoms with E-state index in [1.165, 1.54) is 0 Å². The van der Waals surface area contributed by atoms with Gasteiger partial charge in [-0.3, -0.25) is 9.59 Å². The van der Waals surface area contributed by atoms with Crippen LogP contribution in [0.25, 0.3) is 0 Å². The molecule has 0 aliphatic carbocycles. The van der Waals surface area contributed by atoms with E-state index in [9.17, 15) is 9.59 Å². The van der Waals surface area contributed by atoms with E-state index in [2.05, 4.69) is 33.4 Å². The molecule has 0 bridgehead atoms. The summed E-state index contributed by atoms with van der Waals surface area (Å²) in [5.41, 5.74) is 4.36. The van der Waals surface area contributed by atoms with Crippen LogP contribution in [0.3, 0.4) is 0 Å². The predicted molar refractivity (Wildman–Crippen MR) is 149 cm³/mol. The van der Waals surface area contributed by atoms with Gasteiger partial charge in [0.15, 0.2) is 0 Å². The summed E-state index contributed by atoms with van der Waals surface area (Å²) in [6.45, 7) is 6.32. The van der Waals surface area contributed by atoms with Gasteiger partial charge in [-0.1, -0.05) is 88.2 Å². The van der Waals surface area contributed by atoms with Crippen molar-refractivity contribution in [3.63, 3.8) is 0 Å². The van der Waals surface area contributed by atoms with Crippen molar-refractivity contribution in [1.29, 1.82) is 0 Å². The molecule has 0 aliphatic heterocycles. The van der Waals surface area contributed by atoms with E-state index < -0.39 is 6.04 Å². The summed E-state index contributed by atoms with van der Waals surface area (Å²) in [6.07, 6.45) is 0.467.